The van der Waals surface area contributed by atoms with Crippen LogP contribution in [0, 0.1) is 0 Å². The lowest BCUT2D eigenvalue weighted by atomic mass is 10.1. The number of halogens is 1. The fourth-order valence-electron chi connectivity index (χ4n) is 1.69. The van der Waals surface area contributed by atoms with Crippen molar-refractivity contribution in [2.75, 3.05) is 25.2 Å². The van der Waals surface area contributed by atoms with Gasteiger partial charge in [0.15, 0.2) is 11.5 Å². The smallest absolute Gasteiger partial charge is 0.224 e. The van der Waals surface area contributed by atoms with Gasteiger partial charge >= 0.3 is 0 Å². The molecule has 1 rings (SSSR count). The molecule has 0 unspecified atom stereocenters. The molecular formula is C14H20INO3. The second-order valence-corrected chi connectivity index (χ2v) is 5.19. The molecule has 0 aliphatic heterocycles. The molecule has 0 radical (unpaired) electrons. The van der Waals surface area contributed by atoms with Gasteiger partial charge in [-0.05, 0) is 35.0 Å². The van der Waals surface area contributed by atoms with Gasteiger partial charge in [0.25, 0.3) is 0 Å². The Hall–Kier alpha value is -0.980. The van der Waals surface area contributed by atoms with Crippen molar-refractivity contribution in [1.82, 2.24) is 5.32 Å². The van der Waals surface area contributed by atoms with Gasteiger partial charge in [0.2, 0.25) is 5.91 Å². The van der Waals surface area contributed by atoms with Gasteiger partial charge in [0.05, 0.1) is 20.6 Å². The molecule has 0 saturated heterocycles. The number of carbonyl (C=O) groups is 1. The van der Waals surface area contributed by atoms with Crippen LogP contribution in [0.2, 0.25) is 0 Å². The molecule has 0 heterocycles. The van der Waals surface area contributed by atoms with Crippen molar-refractivity contribution < 1.29 is 14.3 Å². The van der Waals surface area contributed by atoms with E-state index in [1.807, 2.05) is 18.2 Å². The standard InChI is InChI=1S/C14H20INO3/c1-18-12-6-5-11(9-13(12)19-2)10-14(17)16-8-4-3-7-15/h5-6,9H,3-4,7-8,10H2,1-2H3,(H,16,17). The Labute approximate surface area is 128 Å². The van der Waals surface area contributed by atoms with Crippen LogP contribution < -0.4 is 14.8 Å². The van der Waals surface area contributed by atoms with Crippen LogP contribution in [0.25, 0.3) is 0 Å². The Bertz CT molecular complexity index is 410. The van der Waals surface area contributed by atoms with E-state index in [0.29, 0.717) is 17.9 Å². The van der Waals surface area contributed by atoms with Crippen LogP contribution in [0.1, 0.15) is 18.4 Å². The van der Waals surface area contributed by atoms with Crippen molar-refractivity contribution >= 4 is 28.5 Å². The Morgan fingerprint density at radius 2 is 1.95 bits per heavy atom. The van der Waals surface area contributed by atoms with Gasteiger partial charge in [-0.25, -0.2) is 0 Å². The SMILES string of the molecule is COc1ccc(CC(=O)NCCCCI)cc1OC. The molecule has 0 aromatic heterocycles. The van der Waals surface area contributed by atoms with Crippen LogP contribution in [0.5, 0.6) is 11.5 Å². The molecule has 0 saturated carbocycles. The number of carbonyl (C=O) groups excluding carboxylic acids is 1. The summed E-state index contributed by atoms with van der Waals surface area (Å²) in [4.78, 5) is 11.7. The van der Waals surface area contributed by atoms with Gasteiger partial charge < -0.3 is 14.8 Å². The van der Waals surface area contributed by atoms with Crippen LogP contribution in [-0.2, 0) is 11.2 Å². The molecule has 1 amide bonds. The minimum atomic E-state index is 0.0423. The maximum atomic E-state index is 11.7. The molecule has 1 N–H and O–H groups in total. The fourth-order valence-corrected chi connectivity index (χ4v) is 2.23. The van der Waals surface area contributed by atoms with E-state index in [0.717, 1.165) is 29.4 Å². The van der Waals surface area contributed by atoms with Crippen molar-refractivity contribution in [1.29, 1.82) is 0 Å². The topological polar surface area (TPSA) is 47.6 Å². The van der Waals surface area contributed by atoms with E-state index in [4.69, 9.17) is 9.47 Å². The highest BCUT2D eigenvalue weighted by Crippen LogP contribution is 2.27. The van der Waals surface area contributed by atoms with Crippen LogP contribution in [0.4, 0.5) is 0 Å². The number of benzene rings is 1. The number of methoxy groups -OCH3 is 2. The Morgan fingerprint density at radius 1 is 1.21 bits per heavy atom. The molecule has 0 aliphatic rings. The van der Waals surface area contributed by atoms with E-state index in [1.165, 1.54) is 0 Å². The van der Waals surface area contributed by atoms with E-state index in [1.54, 1.807) is 14.2 Å². The molecule has 0 bridgehead atoms. The van der Waals surface area contributed by atoms with Gasteiger partial charge in [-0.3, -0.25) is 4.79 Å². The lowest BCUT2D eigenvalue weighted by Gasteiger charge is -2.09. The van der Waals surface area contributed by atoms with E-state index in [-0.39, 0.29) is 5.91 Å². The maximum absolute atomic E-state index is 11.7. The fraction of sp³-hybridized carbons (Fsp3) is 0.500. The van der Waals surface area contributed by atoms with Gasteiger partial charge in [0, 0.05) is 6.54 Å². The molecule has 0 aliphatic carbocycles. The summed E-state index contributed by atoms with van der Waals surface area (Å²) in [5.41, 5.74) is 0.920. The van der Waals surface area contributed by atoms with Crippen LogP contribution >= 0.6 is 22.6 Å². The zero-order chi connectivity index (χ0) is 14.1. The number of alkyl halides is 1. The van der Waals surface area contributed by atoms with Gasteiger partial charge in [-0.2, -0.15) is 0 Å². The molecule has 5 heteroatoms. The van der Waals surface area contributed by atoms with E-state index in [9.17, 15) is 4.79 Å². The molecule has 0 spiro atoms. The highest BCUT2D eigenvalue weighted by molar-refractivity contribution is 14.1. The first kappa shape index (κ1) is 16.1. The van der Waals surface area contributed by atoms with Crippen molar-refractivity contribution in [2.24, 2.45) is 0 Å². The second kappa shape index (κ2) is 9.01. The number of ether oxygens (including phenoxy) is 2. The first-order chi connectivity index (χ1) is 9.21. The van der Waals surface area contributed by atoms with Crippen LogP contribution in [0.15, 0.2) is 18.2 Å². The highest BCUT2D eigenvalue weighted by Gasteiger charge is 2.07. The minimum Gasteiger partial charge on any atom is -0.493 e. The largest absolute Gasteiger partial charge is 0.493 e. The number of nitrogens with one attached hydrogen (secondary N) is 1. The first-order valence-electron chi connectivity index (χ1n) is 6.24. The number of hydrogen-bond donors (Lipinski definition) is 1. The monoisotopic (exact) mass is 377 g/mol. The van der Waals surface area contributed by atoms with Gasteiger partial charge in [-0.1, -0.05) is 28.7 Å². The molecular weight excluding hydrogens is 357 g/mol. The summed E-state index contributed by atoms with van der Waals surface area (Å²) in [6.45, 7) is 0.745. The summed E-state index contributed by atoms with van der Waals surface area (Å²) in [7, 11) is 3.18. The predicted octanol–water partition coefficient (Wildman–Crippen LogP) is 2.58. The number of amides is 1. The van der Waals surface area contributed by atoms with E-state index >= 15 is 0 Å². The second-order valence-electron chi connectivity index (χ2n) is 4.11. The molecule has 1 aromatic carbocycles. The lowest BCUT2D eigenvalue weighted by molar-refractivity contribution is -0.120. The average molecular weight is 377 g/mol. The maximum Gasteiger partial charge on any atom is 0.224 e. The van der Waals surface area contributed by atoms with Crippen molar-refractivity contribution in [3.05, 3.63) is 23.8 Å². The molecule has 106 valence electrons. The van der Waals surface area contributed by atoms with Gasteiger partial charge in [-0.15, -0.1) is 0 Å². The lowest BCUT2D eigenvalue weighted by Crippen LogP contribution is -2.26. The van der Waals surface area contributed by atoms with Gasteiger partial charge in [0.1, 0.15) is 0 Å². The summed E-state index contributed by atoms with van der Waals surface area (Å²) in [5.74, 6) is 1.37. The minimum absolute atomic E-state index is 0.0423. The summed E-state index contributed by atoms with van der Waals surface area (Å²) >= 11 is 2.34. The van der Waals surface area contributed by atoms with E-state index < -0.39 is 0 Å². The summed E-state index contributed by atoms with van der Waals surface area (Å²) in [6, 6.07) is 5.53. The molecule has 4 nitrogen and oxygen atoms in total. The zero-order valence-electron chi connectivity index (χ0n) is 11.4. The Morgan fingerprint density at radius 3 is 2.58 bits per heavy atom. The first-order valence-corrected chi connectivity index (χ1v) is 7.77. The average Bonchev–Trinajstić information content (AvgIpc) is 2.43. The van der Waals surface area contributed by atoms with E-state index in [2.05, 4.69) is 27.9 Å². The summed E-state index contributed by atoms with van der Waals surface area (Å²) in [6.07, 6.45) is 2.53. The predicted molar refractivity (Wildman–Crippen MR) is 84.4 cm³/mol. The normalized spacial score (nSPS) is 10.1. The van der Waals surface area contributed by atoms with Crippen molar-refractivity contribution in [2.45, 2.75) is 19.3 Å². The van der Waals surface area contributed by atoms with Crippen LogP contribution in [-0.4, -0.2) is 31.1 Å². The molecule has 0 atom stereocenters. The zero-order valence-corrected chi connectivity index (χ0v) is 13.5. The molecule has 19 heavy (non-hydrogen) atoms. The van der Waals surface area contributed by atoms with Crippen LogP contribution in [0.3, 0.4) is 0 Å². The van der Waals surface area contributed by atoms with Crippen molar-refractivity contribution in [3.63, 3.8) is 0 Å². The molecule has 0 fully saturated rings. The number of rotatable bonds is 8. The highest BCUT2D eigenvalue weighted by atomic mass is 127. The summed E-state index contributed by atoms with van der Waals surface area (Å²) in [5, 5.41) is 2.92. The third-order valence-electron chi connectivity index (χ3n) is 2.70. The van der Waals surface area contributed by atoms with Crippen molar-refractivity contribution in [3.8, 4) is 11.5 Å². The third-order valence-corrected chi connectivity index (χ3v) is 3.46. The number of unbranched alkanes of at least 4 members (excludes halogenated alkanes) is 1. The molecule has 1 aromatic rings. The number of hydrogen-bond acceptors (Lipinski definition) is 3. The quantitative estimate of drug-likeness (QED) is 0.431. The Kier molecular flexibility index (Phi) is 7.62. The third kappa shape index (κ3) is 5.67. The summed E-state index contributed by atoms with van der Waals surface area (Å²) < 4.78 is 11.5. The Balaban J connectivity index is 2.50.